The number of nitrogens with one attached hydrogen (secondary N) is 1. The first-order valence-corrected chi connectivity index (χ1v) is 10.1. The number of thiophene rings is 1. The maximum atomic E-state index is 13.4. The van der Waals surface area contributed by atoms with E-state index in [1.807, 2.05) is 29.6 Å². The lowest BCUT2D eigenvalue weighted by Gasteiger charge is -2.18. The van der Waals surface area contributed by atoms with Gasteiger partial charge in [0.05, 0.1) is 24.1 Å². The Bertz CT molecular complexity index is 1140. The number of carbonyl (C=O) groups excluding carboxylic acids is 2. The van der Waals surface area contributed by atoms with Crippen LogP contribution in [0.25, 0.3) is 5.57 Å². The molecule has 0 spiro atoms. The molecule has 7 heteroatoms. The second-order valence-corrected chi connectivity index (χ2v) is 7.74. The molecule has 1 aliphatic rings. The van der Waals surface area contributed by atoms with Gasteiger partial charge in [0.1, 0.15) is 11.4 Å². The normalized spacial score (nSPS) is 14.0. The summed E-state index contributed by atoms with van der Waals surface area (Å²) in [5.74, 6) is -0.252. The van der Waals surface area contributed by atoms with Gasteiger partial charge >= 0.3 is 0 Å². The molecule has 4 rings (SSSR count). The monoisotopic (exact) mass is 424 g/mol. The SMILES string of the molecule is COc1ccccc1NC1=C(c2cccs2)C(=O)N(c2cccc(Cl)c2C)C1=O. The van der Waals surface area contributed by atoms with Crippen LogP contribution >= 0.6 is 22.9 Å². The predicted molar refractivity (Wildman–Crippen MR) is 117 cm³/mol. The molecular formula is C22H17ClN2O3S. The van der Waals surface area contributed by atoms with Crippen molar-refractivity contribution in [3.8, 4) is 5.75 Å². The highest BCUT2D eigenvalue weighted by molar-refractivity contribution is 7.11. The van der Waals surface area contributed by atoms with Crippen LogP contribution < -0.4 is 15.0 Å². The summed E-state index contributed by atoms with van der Waals surface area (Å²) in [5.41, 5.74) is 2.28. The zero-order valence-electron chi connectivity index (χ0n) is 15.7. The number of halogens is 1. The Kier molecular flexibility index (Phi) is 5.13. The fraction of sp³-hybridized carbons (Fsp3) is 0.0909. The van der Waals surface area contributed by atoms with Crippen LogP contribution in [0.3, 0.4) is 0 Å². The molecule has 0 atom stereocenters. The number of methoxy groups -OCH3 is 1. The van der Waals surface area contributed by atoms with E-state index in [2.05, 4.69) is 5.32 Å². The number of hydrogen-bond donors (Lipinski definition) is 1. The Morgan fingerprint density at radius 2 is 1.79 bits per heavy atom. The molecule has 1 aromatic heterocycles. The Balaban J connectivity index is 1.84. The molecule has 0 unspecified atom stereocenters. The number of benzene rings is 2. The zero-order valence-corrected chi connectivity index (χ0v) is 17.3. The highest BCUT2D eigenvalue weighted by Gasteiger charge is 2.41. The molecule has 1 aliphatic heterocycles. The first kappa shape index (κ1) is 19.2. The summed E-state index contributed by atoms with van der Waals surface area (Å²) in [4.78, 5) is 28.7. The summed E-state index contributed by atoms with van der Waals surface area (Å²) in [5, 5.41) is 5.49. The zero-order chi connectivity index (χ0) is 20.5. The number of amides is 2. The summed E-state index contributed by atoms with van der Waals surface area (Å²) < 4.78 is 5.38. The maximum Gasteiger partial charge on any atom is 0.282 e. The van der Waals surface area contributed by atoms with Crippen LogP contribution in [0.1, 0.15) is 10.4 Å². The van der Waals surface area contributed by atoms with Gasteiger partial charge in [-0.05, 0) is 48.2 Å². The molecule has 3 aromatic rings. The van der Waals surface area contributed by atoms with Gasteiger partial charge in [-0.3, -0.25) is 9.59 Å². The van der Waals surface area contributed by atoms with Gasteiger partial charge in [-0.2, -0.15) is 0 Å². The van der Waals surface area contributed by atoms with E-state index < -0.39 is 5.91 Å². The molecule has 5 nitrogen and oxygen atoms in total. The van der Waals surface area contributed by atoms with Gasteiger partial charge in [0.25, 0.3) is 11.8 Å². The highest BCUT2D eigenvalue weighted by atomic mass is 35.5. The number of rotatable bonds is 5. The Morgan fingerprint density at radius 1 is 1.00 bits per heavy atom. The van der Waals surface area contributed by atoms with E-state index in [1.165, 1.54) is 16.2 Å². The van der Waals surface area contributed by atoms with Gasteiger partial charge in [-0.1, -0.05) is 35.9 Å². The number of imide groups is 1. The van der Waals surface area contributed by atoms with Crippen molar-refractivity contribution in [2.75, 3.05) is 17.3 Å². The van der Waals surface area contributed by atoms with Gasteiger partial charge in [0, 0.05) is 9.90 Å². The molecule has 1 N–H and O–H groups in total. The fourth-order valence-corrected chi connectivity index (χ4v) is 4.17. The molecule has 146 valence electrons. The number of para-hydroxylation sites is 2. The maximum absolute atomic E-state index is 13.4. The number of hydrogen-bond acceptors (Lipinski definition) is 5. The molecule has 0 fully saturated rings. The second kappa shape index (κ2) is 7.73. The molecule has 2 amide bonds. The summed E-state index contributed by atoms with van der Waals surface area (Å²) >= 11 is 7.64. The lowest BCUT2D eigenvalue weighted by atomic mass is 10.1. The van der Waals surface area contributed by atoms with Crippen LogP contribution in [0.5, 0.6) is 5.75 Å². The number of nitrogens with zero attached hydrogens (tertiary/aromatic N) is 1. The summed E-state index contributed by atoms with van der Waals surface area (Å²) in [6.45, 7) is 1.79. The van der Waals surface area contributed by atoms with Crippen LogP contribution in [0.2, 0.25) is 5.02 Å². The minimum Gasteiger partial charge on any atom is -0.495 e. The van der Waals surface area contributed by atoms with E-state index in [1.54, 1.807) is 44.4 Å². The minimum atomic E-state index is -0.435. The highest BCUT2D eigenvalue weighted by Crippen LogP contribution is 2.38. The van der Waals surface area contributed by atoms with Crippen molar-refractivity contribution in [2.24, 2.45) is 0 Å². The van der Waals surface area contributed by atoms with Gasteiger partial charge in [0.2, 0.25) is 0 Å². The first-order chi connectivity index (χ1) is 14.0. The van der Waals surface area contributed by atoms with Crippen molar-refractivity contribution in [2.45, 2.75) is 6.92 Å². The first-order valence-electron chi connectivity index (χ1n) is 8.85. The van der Waals surface area contributed by atoms with Crippen molar-refractivity contribution in [3.05, 3.63) is 81.1 Å². The van der Waals surface area contributed by atoms with Crippen molar-refractivity contribution < 1.29 is 14.3 Å². The Hall–Kier alpha value is -3.09. The molecule has 2 heterocycles. The van der Waals surface area contributed by atoms with E-state index in [4.69, 9.17) is 16.3 Å². The average molecular weight is 425 g/mol. The second-order valence-electron chi connectivity index (χ2n) is 6.38. The third-order valence-electron chi connectivity index (χ3n) is 4.70. The molecule has 2 aromatic carbocycles. The fourth-order valence-electron chi connectivity index (χ4n) is 3.23. The summed E-state index contributed by atoms with van der Waals surface area (Å²) in [6, 6.07) is 16.1. The topological polar surface area (TPSA) is 58.6 Å². The number of ether oxygens (including phenoxy) is 1. The molecule has 29 heavy (non-hydrogen) atoms. The van der Waals surface area contributed by atoms with Crippen LogP contribution in [0.15, 0.2) is 65.7 Å². The number of anilines is 2. The van der Waals surface area contributed by atoms with Crippen molar-refractivity contribution in [3.63, 3.8) is 0 Å². The van der Waals surface area contributed by atoms with Crippen molar-refractivity contribution >= 4 is 51.7 Å². The molecule has 0 saturated carbocycles. The molecular weight excluding hydrogens is 408 g/mol. The lowest BCUT2D eigenvalue weighted by Crippen LogP contribution is -2.33. The molecule has 0 aliphatic carbocycles. The van der Waals surface area contributed by atoms with Crippen molar-refractivity contribution in [1.82, 2.24) is 0 Å². The van der Waals surface area contributed by atoms with Crippen LogP contribution in [0.4, 0.5) is 11.4 Å². The van der Waals surface area contributed by atoms with E-state index >= 15 is 0 Å². The number of carbonyl (C=O) groups is 2. The van der Waals surface area contributed by atoms with E-state index in [0.29, 0.717) is 38.2 Å². The Labute approximate surface area is 177 Å². The van der Waals surface area contributed by atoms with Crippen molar-refractivity contribution in [1.29, 1.82) is 0 Å². The van der Waals surface area contributed by atoms with E-state index in [9.17, 15) is 9.59 Å². The molecule has 0 radical (unpaired) electrons. The third-order valence-corrected chi connectivity index (χ3v) is 5.99. The summed E-state index contributed by atoms with van der Waals surface area (Å²) in [6.07, 6.45) is 0. The predicted octanol–water partition coefficient (Wildman–Crippen LogP) is 5.12. The van der Waals surface area contributed by atoms with E-state index in [-0.39, 0.29) is 11.6 Å². The van der Waals surface area contributed by atoms with Gasteiger partial charge in [0.15, 0.2) is 0 Å². The minimum absolute atomic E-state index is 0.210. The standard InChI is InChI=1S/C22H17ClN2O3S/c1-13-14(23)7-5-9-16(13)25-21(26)19(18-11-6-12-29-18)20(22(25)27)24-15-8-3-4-10-17(15)28-2/h3-12,24H,1-2H3. The van der Waals surface area contributed by atoms with Crippen LogP contribution in [-0.4, -0.2) is 18.9 Å². The van der Waals surface area contributed by atoms with Gasteiger partial charge < -0.3 is 10.1 Å². The largest absolute Gasteiger partial charge is 0.495 e. The van der Waals surface area contributed by atoms with Crippen LogP contribution in [-0.2, 0) is 9.59 Å². The van der Waals surface area contributed by atoms with Crippen LogP contribution in [0, 0.1) is 6.92 Å². The Morgan fingerprint density at radius 3 is 2.52 bits per heavy atom. The van der Waals surface area contributed by atoms with Gasteiger partial charge in [-0.15, -0.1) is 11.3 Å². The lowest BCUT2D eigenvalue weighted by molar-refractivity contribution is -0.120. The summed E-state index contributed by atoms with van der Waals surface area (Å²) in [7, 11) is 1.55. The molecule has 0 bridgehead atoms. The smallest absolute Gasteiger partial charge is 0.282 e. The van der Waals surface area contributed by atoms with E-state index in [0.717, 1.165) is 0 Å². The third kappa shape index (κ3) is 3.30. The molecule has 0 saturated heterocycles. The quantitative estimate of drug-likeness (QED) is 0.578. The van der Waals surface area contributed by atoms with Gasteiger partial charge in [-0.25, -0.2) is 4.90 Å². The average Bonchev–Trinajstić information content (AvgIpc) is 3.32.